The molecule has 0 amide bonds. The zero-order chi connectivity index (χ0) is 12.1. The van der Waals surface area contributed by atoms with Crippen LogP contribution in [-0.2, 0) is 0 Å². The smallest absolute Gasteiger partial charge is 0.0819 e. The maximum atomic E-state index is 10.5. The van der Waals surface area contributed by atoms with Crippen LogP contribution in [0.15, 0.2) is 24.3 Å². The molecule has 0 radical (unpaired) electrons. The van der Waals surface area contributed by atoms with Gasteiger partial charge in [0.25, 0.3) is 0 Å². The average molecular weight is 345 g/mol. The molecule has 17 heavy (non-hydrogen) atoms. The van der Waals surface area contributed by atoms with Crippen molar-refractivity contribution in [2.45, 2.75) is 44.1 Å². The zero-order valence-electron chi connectivity index (χ0n) is 10.1. The van der Waals surface area contributed by atoms with Crippen molar-refractivity contribution in [3.05, 3.63) is 27.8 Å². The van der Waals surface area contributed by atoms with Gasteiger partial charge in [-0.1, -0.05) is 25.7 Å². The summed E-state index contributed by atoms with van der Waals surface area (Å²) in [5.74, 6) is 0. The highest BCUT2D eigenvalue weighted by molar-refractivity contribution is 14.1. The Balaban J connectivity index is 1.89. The highest BCUT2D eigenvalue weighted by Gasteiger charge is 2.27. The maximum absolute atomic E-state index is 10.5. The van der Waals surface area contributed by atoms with E-state index >= 15 is 0 Å². The molecule has 1 aliphatic carbocycles. The zero-order valence-corrected chi connectivity index (χ0v) is 12.2. The van der Waals surface area contributed by atoms with Gasteiger partial charge in [-0.15, -0.1) is 0 Å². The van der Waals surface area contributed by atoms with Crippen LogP contribution >= 0.6 is 22.6 Å². The highest BCUT2D eigenvalue weighted by Crippen LogP contribution is 2.27. The molecular weight excluding hydrogens is 325 g/mol. The van der Waals surface area contributed by atoms with Crippen LogP contribution < -0.4 is 5.32 Å². The third-order valence-corrected chi connectivity index (χ3v) is 4.22. The van der Waals surface area contributed by atoms with Gasteiger partial charge in [-0.25, -0.2) is 0 Å². The summed E-state index contributed by atoms with van der Waals surface area (Å²) in [7, 11) is 0. The normalized spacial score (nSPS) is 19.6. The van der Waals surface area contributed by atoms with E-state index in [1.54, 1.807) is 0 Å². The number of aliphatic hydroxyl groups is 1. The summed E-state index contributed by atoms with van der Waals surface area (Å²) in [6.45, 7) is 0.674. The lowest BCUT2D eigenvalue weighted by Gasteiger charge is -2.27. The third kappa shape index (κ3) is 4.14. The molecule has 0 bridgehead atoms. The van der Waals surface area contributed by atoms with Crippen LogP contribution in [0.4, 0.5) is 5.69 Å². The molecule has 3 heteroatoms. The number of hydrogen-bond donors (Lipinski definition) is 2. The van der Waals surface area contributed by atoms with Crippen LogP contribution in [0.1, 0.15) is 38.5 Å². The Kier molecular flexibility index (Phi) is 4.68. The summed E-state index contributed by atoms with van der Waals surface area (Å²) in [5.41, 5.74) is 0.600. The van der Waals surface area contributed by atoms with Crippen molar-refractivity contribution in [2.75, 3.05) is 11.9 Å². The van der Waals surface area contributed by atoms with E-state index in [4.69, 9.17) is 0 Å². The molecule has 2 nitrogen and oxygen atoms in total. The fourth-order valence-corrected chi connectivity index (χ4v) is 2.76. The number of nitrogens with one attached hydrogen (secondary N) is 1. The molecule has 1 aliphatic rings. The minimum absolute atomic E-state index is 0.500. The Labute approximate surface area is 117 Å². The van der Waals surface area contributed by atoms with Crippen LogP contribution in [0.25, 0.3) is 0 Å². The number of benzene rings is 1. The van der Waals surface area contributed by atoms with Crippen molar-refractivity contribution in [1.29, 1.82) is 0 Å². The first-order valence-corrected chi connectivity index (χ1v) is 7.48. The third-order valence-electron chi connectivity index (χ3n) is 3.50. The van der Waals surface area contributed by atoms with E-state index in [0.717, 1.165) is 31.4 Å². The summed E-state index contributed by atoms with van der Waals surface area (Å²) >= 11 is 2.30. The van der Waals surface area contributed by atoms with Crippen molar-refractivity contribution >= 4 is 28.3 Å². The molecule has 0 heterocycles. The Morgan fingerprint density at radius 3 is 2.24 bits per heavy atom. The number of halogens is 1. The van der Waals surface area contributed by atoms with Crippen LogP contribution in [0, 0.1) is 3.57 Å². The predicted octanol–water partition coefficient (Wildman–Crippen LogP) is 3.79. The quantitative estimate of drug-likeness (QED) is 0.645. The van der Waals surface area contributed by atoms with Gasteiger partial charge < -0.3 is 10.4 Å². The standard InChI is InChI=1S/C14H20INO/c15-12-5-7-13(8-6-12)16-11-14(17)9-3-1-2-4-10-14/h5-8,16-17H,1-4,9-11H2. The maximum Gasteiger partial charge on any atom is 0.0819 e. The Morgan fingerprint density at radius 2 is 1.65 bits per heavy atom. The fourth-order valence-electron chi connectivity index (χ4n) is 2.40. The summed E-state index contributed by atoms with van der Waals surface area (Å²) < 4.78 is 1.24. The van der Waals surface area contributed by atoms with E-state index in [2.05, 4.69) is 52.2 Å². The SMILES string of the molecule is OC1(CNc2ccc(I)cc2)CCCCCC1. The van der Waals surface area contributed by atoms with E-state index < -0.39 is 5.60 Å². The first-order valence-electron chi connectivity index (χ1n) is 6.40. The second kappa shape index (κ2) is 6.05. The van der Waals surface area contributed by atoms with Gasteiger partial charge in [-0.05, 0) is 59.7 Å². The minimum atomic E-state index is -0.500. The molecule has 0 aromatic heterocycles. The average Bonchev–Trinajstić information content (AvgIpc) is 2.54. The molecule has 2 rings (SSSR count). The van der Waals surface area contributed by atoms with Crippen molar-refractivity contribution in [3.63, 3.8) is 0 Å². The highest BCUT2D eigenvalue weighted by atomic mass is 127. The first-order chi connectivity index (χ1) is 8.18. The number of hydrogen-bond acceptors (Lipinski definition) is 2. The monoisotopic (exact) mass is 345 g/mol. The second-order valence-corrected chi connectivity index (χ2v) is 6.24. The van der Waals surface area contributed by atoms with Gasteiger partial charge in [0.15, 0.2) is 0 Å². The van der Waals surface area contributed by atoms with Gasteiger partial charge in [0.2, 0.25) is 0 Å². The van der Waals surface area contributed by atoms with E-state index in [1.165, 1.54) is 16.4 Å². The number of anilines is 1. The lowest BCUT2D eigenvalue weighted by atomic mass is 9.94. The van der Waals surface area contributed by atoms with Crippen molar-refractivity contribution in [1.82, 2.24) is 0 Å². The first kappa shape index (κ1) is 13.1. The molecule has 0 atom stereocenters. The Morgan fingerprint density at radius 1 is 1.06 bits per heavy atom. The Bertz CT molecular complexity index is 342. The van der Waals surface area contributed by atoms with Gasteiger partial charge in [0.05, 0.1) is 5.60 Å². The lowest BCUT2D eigenvalue weighted by Crippen LogP contribution is -2.36. The predicted molar refractivity (Wildman–Crippen MR) is 80.3 cm³/mol. The molecule has 0 aliphatic heterocycles. The van der Waals surface area contributed by atoms with E-state index in [-0.39, 0.29) is 0 Å². The summed E-state index contributed by atoms with van der Waals surface area (Å²) in [6, 6.07) is 8.31. The van der Waals surface area contributed by atoms with Gasteiger partial charge in [-0.3, -0.25) is 0 Å². The van der Waals surface area contributed by atoms with Crippen LogP contribution in [0.5, 0.6) is 0 Å². The molecule has 1 saturated carbocycles. The molecule has 0 unspecified atom stereocenters. The summed E-state index contributed by atoms with van der Waals surface area (Å²) in [4.78, 5) is 0. The fraction of sp³-hybridized carbons (Fsp3) is 0.571. The van der Waals surface area contributed by atoms with Crippen molar-refractivity contribution in [3.8, 4) is 0 Å². The molecule has 0 spiro atoms. The lowest BCUT2D eigenvalue weighted by molar-refractivity contribution is 0.0381. The molecule has 0 saturated heterocycles. The van der Waals surface area contributed by atoms with Gasteiger partial charge in [0.1, 0.15) is 0 Å². The molecule has 1 fully saturated rings. The topological polar surface area (TPSA) is 32.3 Å². The minimum Gasteiger partial charge on any atom is -0.388 e. The summed E-state index contributed by atoms with van der Waals surface area (Å²) in [5, 5.41) is 13.9. The van der Waals surface area contributed by atoms with Crippen molar-refractivity contribution in [2.24, 2.45) is 0 Å². The van der Waals surface area contributed by atoms with Crippen molar-refractivity contribution < 1.29 is 5.11 Å². The molecule has 1 aromatic rings. The largest absolute Gasteiger partial charge is 0.388 e. The molecule has 1 aromatic carbocycles. The van der Waals surface area contributed by atoms with E-state index in [9.17, 15) is 5.11 Å². The number of rotatable bonds is 3. The molecular formula is C14H20INO. The summed E-state index contributed by atoms with van der Waals surface area (Å²) in [6.07, 6.45) is 6.72. The Hall–Kier alpha value is -0.290. The second-order valence-electron chi connectivity index (χ2n) is 5.00. The van der Waals surface area contributed by atoms with Crippen LogP contribution in [0.3, 0.4) is 0 Å². The van der Waals surface area contributed by atoms with Gasteiger partial charge >= 0.3 is 0 Å². The molecule has 2 N–H and O–H groups in total. The van der Waals surface area contributed by atoms with Gasteiger partial charge in [-0.2, -0.15) is 0 Å². The van der Waals surface area contributed by atoms with Crippen LogP contribution in [-0.4, -0.2) is 17.3 Å². The van der Waals surface area contributed by atoms with E-state index in [1.807, 2.05) is 0 Å². The van der Waals surface area contributed by atoms with Crippen LogP contribution in [0.2, 0.25) is 0 Å². The van der Waals surface area contributed by atoms with Gasteiger partial charge in [0, 0.05) is 15.8 Å². The molecule has 94 valence electrons. The van der Waals surface area contributed by atoms with E-state index in [0.29, 0.717) is 6.54 Å².